The maximum Gasteiger partial charge on any atom is 0.400 e. The van der Waals surface area contributed by atoms with E-state index < -0.39 is 24.1 Å². The van der Waals surface area contributed by atoms with Gasteiger partial charge in [-0.2, -0.15) is 8.78 Å². The molecule has 0 N–H and O–H groups in total. The summed E-state index contributed by atoms with van der Waals surface area (Å²) in [5.74, 6) is -0.236. The van der Waals surface area contributed by atoms with E-state index in [2.05, 4.69) is 6.92 Å². The summed E-state index contributed by atoms with van der Waals surface area (Å²) in [6, 6.07) is 9.52. The first-order valence-electron chi connectivity index (χ1n) is 17.8. The fourth-order valence-corrected chi connectivity index (χ4v) is 7.87. The summed E-state index contributed by atoms with van der Waals surface area (Å²) >= 11 is 0. The van der Waals surface area contributed by atoms with Crippen LogP contribution in [0.1, 0.15) is 126 Å². The highest BCUT2D eigenvalue weighted by atomic mass is 19.3. The van der Waals surface area contributed by atoms with E-state index in [1.807, 2.05) is 31.2 Å². The van der Waals surface area contributed by atoms with Crippen LogP contribution in [0.4, 0.5) is 17.6 Å². The summed E-state index contributed by atoms with van der Waals surface area (Å²) in [7, 11) is 0. The summed E-state index contributed by atoms with van der Waals surface area (Å²) in [4.78, 5) is 0. The van der Waals surface area contributed by atoms with Gasteiger partial charge >= 0.3 is 6.11 Å². The molecular formula is C39H52F4O3. The van der Waals surface area contributed by atoms with Gasteiger partial charge in [-0.25, -0.2) is 8.78 Å². The lowest BCUT2D eigenvalue weighted by atomic mass is 9.68. The van der Waals surface area contributed by atoms with Gasteiger partial charge in [-0.1, -0.05) is 56.5 Å². The van der Waals surface area contributed by atoms with Crippen molar-refractivity contribution in [1.29, 1.82) is 0 Å². The van der Waals surface area contributed by atoms with Gasteiger partial charge in [-0.3, -0.25) is 0 Å². The van der Waals surface area contributed by atoms with E-state index >= 15 is 13.2 Å². The van der Waals surface area contributed by atoms with Gasteiger partial charge in [-0.15, -0.1) is 0 Å². The van der Waals surface area contributed by atoms with E-state index in [0.29, 0.717) is 62.2 Å². The normalized spacial score (nSPS) is 27.6. The van der Waals surface area contributed by atoms with Crippen LogP contribution in [0.15, 0.2) is 48.6 Å². The van der Waals surface area contributed by atoms with Crippen molar-refractivity contribution in [3.05, 3.63) is 76.9 Å². The fraction of sp³-hybridized carbons (Fsp3) is 0.641. The second-order valence-electron chi connectivity index (χ2n) is 13.9. The lowest BCUT2D eigenvalue weighted by Crippen LogP contribution is -2.38. The zero-order valence-electron chi connectivity index (χ0n) is 27.6. The number of hydrogen-bond acceptors (Lipinski definition) is 3. The molecule has 3 nitrogen and oxygen atoms in total. The average molecular weight is 645 g/mol. The first-order valence-corrected chi connectivity index (χ1v) is 17.8. The Kier molecular flexibility index (Phi) is 12.6. The molecule has 46 heavy (non-hydrogen) atoms. The molecule has 2 aromatic carbocycles. The first kappa shape index (κ1) is 34.9. The molecule has 3 aliphatic rings. The van der Waals surface area contributed by atoms with Gasteiger partial charge < -0.3 is 14.2 Å². The highest BCUT2D eigenvalue weighted by Crippen LogP contribution is 2.47. The molecule has 1 heterocycles. The van der Waals surface area contributed by atoms with Gasteiger partial charge in [0.2, 0.25) is 0 Å². The lowest BCUT2D eigenvalue weighted by Gasteiger charge is -2.39. The molecule has 1 saturated heterocycles. The Morgan fingerprint density at radius 1 is 0.848 bits per heavy atom. The predicted molar refractivity (Wildman–Crippen MR) is 174 cm³/mol. The molecule has 0 atom stereocenters. The summed E-state index contributed by atoms with van der Waals surface area (Å²) in [5, 5.41) is 0. The van der Waals surface area contributed by atoms with E-state index in [1.54, 1.807) is 12.1 Å². The third-order valence-corrected chi connectivity index (χ3v) is 10.7. The Morgan fingerprint density at radius 3 is 2.17 bits per heavy atom. The lowest BCUT2D eigenvalue weighted by molar-refractivity contribution is -0.224. The number of hydrogen-bond donors (Lipinski definition) is 0. The molecule has 0 bridgehead atoms. The molecule has 2 aromatic rings. The largest absolute Gasteiger partial charge is 0.432 e. The van der Waals surface area contributed by atoms with Crippen molar-refractivity contribution in [3.8, 4) is 5.75 Å². The number of aryl methyl sites for hydroxylation is 1. The van der Waals surface area contributed by atoms with Gasteiger partial charge in [0.1, 0.15) is 17.4 Å². The van der Waals surface area contributed by atoms with Crippen LogP contribution in [0.25, 0.3) is 0 Å². The number of alkyl halides is 2. The van der Waals surface area contributed by atoms with Gasteiger partial charge in [0.05, 0.1) is 19.1 Å². The van der Waals surface area contributed by atoms with Crippen LogP contribution >= 0.6 is 0 Å². The van der Waals surface area contributed by atoms with Crippen molar-refractivity contribution >= 4 is 0 Å². The summed E-state index contributed by atoms with van der Waals surface area (Å²) < 4.78 is 77.1. The zero-order valence-corrected chi connectivity index (χ0v) is 27.6. The molecule has 254 valence electrons. The number of unbranched alkanes of at least 4 members (excludes halogenated alkanes) is 2. The van der Waals surface area contributed by atoms with Crippen molar-refractivity contribution in [1.82, 2.24) is 0 Å². The second-order valence-corrected chi connectivity index (χ2v) is 13.9. The Bertz CT molecular complexity index is 1260. The van der Waals surface area contributed by atoms with Gasteiger partial charge in [-0.05, 0) is 119 Å². The maximum atomic E-state index is 15.3. The van der Waals surface area contributed by atoms with Crippen molar-refractivity contribution in [2.75, 3.05) is 13.2 Å². The molecule has 0 radical (unpaired) electrons. The molecular weight excluding hydrogens is 592 g/mol. The van der Waals surface area contributed by atoms with Crippen molar-refractivity contribution in [2.45, 2.75) is 122 Å². The predicted octanol–water partition coefficient (Wildman–Crippen LogP) is 11.5. The molecule has 0 amide bonds. The van der Waals surface area contributed by atoms with Crippen molar-refractivity contribution in [2.24, 2.45) is 23.7 Å². The number of ether oxygens (including phenoxy) is 3. The average Bonchev–Trinajstić information content (AvgIpc) is 3.06. The molecule has 7 heteroatoms. The summed E-state index contributed by atoms with van der Waals surface area (Å²) in [6.07, 6.45) is 12.0. The van der Waals surface area contributed by atoms with Crippen LogP contribution in [-0.4, -0.2) is 19.3 Å². The van der Waals surface area contributed by atoms with E-state index in [4.69, 9.17) is 14.2 Å². The monoisotopic (exact) mass is 644 g/mol. The molecule has 0 aromatic heterocycles. The Morgan fingerprint density at radius 2 is 1.54 bits per heavy atom. The first-order chi connectivity index (χ1) is 22.3. The number of benzene rings is 2. The van der Waals surface area contributed by atoms with Gasteiger partial charge in [0.25, 0.3) is 0 Å². The zero-order chi connectivity index (χ0) is 32.5. The molecule has 1 aliphatic heterocycles. The molecule has 2 saturated carbocycles. The molecule has 5 rings (SSSR count). The van der Waals surface area contributed by atoms with Crippen LogP contribution in [-0.2, 0) is 15.9 Å². The third-order valence-electron chi connectivity index (χ3n) is 10.7. The van der Waals surface area contributed by atoms with Crippen LogP contribution in [0.2, 0.25) is 0 Å². The number of halogens is 4. The van der Waals surface area contributed by atoms with E-state index in [-0.39, 0.29) is 17.5 Å². The van der Waals surface area contributed by atoms with Crippen molar-refractivity contribution < 1.29 is 31.8 Å². The topological polar surface area (TPSA) is 27.7 Å². The van der Waals surface area contributed by atoms with Crippen LogP contribution < -0.4 is 4.74 Å². The number of rotatable bonds is 13. The van der Waals surface area contributed by atoms with Crippen LogP contribution in [0, 0.1) is 35.3 Å². The third kappa shape index (κ3) is 9.15. The molecule has 0 spiro atoms. The quantitative estimate of drug-likeness (QED) is 0.123. The van der Waals surface area contributed by atoms with Gasteiger partial charge in [0.15, 0.2) is 6.29 Å². The SMILES string of the molecule is CC=CCCc1ccc(OC(F)(F)C2CCC(C3CCC(c4ccc(C5OCC(CCCCC)CO5)cc4F)CC3)CC2)cc1F. The molecule has 0 unspecified atom stereocenters. The van der Waals surface area contributed by atoms with E-state index in [0.717, 1.165) is 62.1 Å². The minimum absolute atomic E-state index is 0.122. The highest BCUT2D eigenvalue weighted by molar-refractivity contribution is 5.30. The van der Waals surface area contributed by atoms with Gasteiger partial charge in [0, 0.05) is 17.5 Å². The Labute approximate surface area is 273 Å². The minimum atomic E-state index is -3.34. The van der Waals surface area contributed by atoms with E-state index in [9.17, 15) is 4.39 Å². The molecule has 3 fully saturated rings. The van der Waals surface area contributed by atoms with E-state index in [1.165, 1.54) is 25.3 Å². The van der Waals surface area contributed by atoms with Crippen molar-refractivity contribution in [3.63, 3.8) is 0 Å². The summed E-state index contributed by atoms with van der Waals surface area (Å²) in [6.45, 7) is 5.41. The maximum absolute atomic E-state index is 15.3. The fourth-order valence-electron chi connectivity index (χ4n) is 7.87. The smallest absolute Gasteiger partial charge is 0.400 e. The van der Waals surface area contributed by atoms with Crippen LogP contribution in [0.3, 0.4) is 0 Å². The Balaban J connectivity index is 1.06. The van der Waals surface area contributed by atoms with Crippen LogP contribution in [0.5, 0.6) is 5.75 Å². The standard InChI is InChI=1S/C39H52F4O3/c1-3-5-7-9-27-25-44-38(45-26-27)32-18-22-35(37(41)23-32)30-13-11-28(12-14-30)29-15-19-33(20-16-29)39(42,43)46-34-21-17-31(36(40)24-34)10-8-6-4-2/h4,6,17-18,21-24,27-30,33,38H,3,5,7-16,19-20,25-26H2,1-2H3. The number of allylic oxidation sites excluding steroid dienone is 2. The summed E-state index contributed by atoms with van der Waals surface area (Å²) in [5.41, 5.74) is 2.00. The second kappa shape index (κ2) is 16.6. The Hall–Kier alpha value is -2.38. The minimum Gasteiger partial charge on any atom is -0.432 e. The highest BCUT2D eigenvalue weighted by Gasteiger charge is 2.45. The molecule has 2 aliphatic carbocycles.